The van der Waals surface area contributed by atoms with Gasteiger partial charge in [-0.05, 0) is 12.8 Å². The Bertz CT molecular complexity index is 86.9. The van der Waals surface area contributed by atoms with Crippen LogP contribution in [0.25, 0.3) is 0 Å². The zero-order chi connectivity index (χ0) is 8.73. The summed E-state index contributed by atoms with van der Waals surface area (Å²) in [6, 6.07) is -0.731. The molecule has 0 saturated heterocycles. The van der Waals surface area contributed by atoms with Gasteiger partial charge >= 0.3 is 5.97 Å². The molecule has 3 heteroatoms. The van der Waals surface area contributed by atoms with Gasteiger partial charge in [0.2, 0.25) is 0 Å². The van der Waals surface area contributed by atoms with E-state index in [9.17, 15) is 4.79 Å². The molecule has 10 heavy (non-hydrogen) atoms. The number of aliphatic carboxylic acids is 1. The van der Waals surface area contributed by atoms with Gasteiger partial charge in [0, 0.05) is 0 Å². The molecule has 0 radical (unpaired) electrons. The first kappa shape index (κ1) is 12.1. The molecule has 0 aliphatic carbocycles. The molecule has 0 fully saturated rings. The van der Waals surface area contributed by atoms with Crippen molar-refractivity contribution in [1.29, 1.82) is 0 Å². The van der Waals surface area contributed by atoms with Gasteiger partial charge in [-0.3, -0.25) is 4.79 Å². The van der Waals surface area contributed by atoms with E-state index in [2.05, 4.69) is 20.8 Å². The summed E-state index contributed by atoms with van der Waals surface area (Å²) in [6.45, 7) is 7.92. The van der Waals surface area contributed by atoms with E-state index in [-0.39, 0.29) is 0 Å². The fraction of sp³-hybridized carbons (Fsp3) is 0.857. The summed E-state index contributed by atoms with van der Waals surface area (Å²) >= 11 is 0. The fourth-order valence-corrected chi connectivity index (χ4v) is 0. The fourth-order valence-electron chi connectivity index (χ4n) is 0. The predicted molar refractivity (Wildman–Crippen MR) is 41.8 cm³/mol. The second kappa shape index (κ2) is 6.55. The van der Waals surface area contributed by atoms with E-state index >= 15 is 0 Å². The largest absolute Gasteiger partial charge is 0.480 e. The molecule has 0 aliphatic heterocycles. The van der Waals surface area contributed by atoms with Crippen LogP contribution in [0.3, 0.4) is 0 Å². The second-order valence-electron chi connectivity index (χ2n) is 2.86. The molecule has 1 unspecified atom stereocenters. The minimum absolute atomic E-state index is 0.731. The first-order valence-corrected chi connectivity index (χ1v) is 3.36. The van der Waals surface area contributed by atoms with Crippen LogP contribution in [0.2, 0.25) is 0 Å². The van der Waals surface area contributed by atoms with Gasteiger partial charge in [-0.25, -0.2) is 0 Å². The molecule has 0 bridgehead atoms. The van der Waals surface area contributed by atoms with Crippen LogP contribution in [0.15, 0.2) is 0 Å². The smallest absolute Gasteiger partial charge is 0.320 e. The average molecular weight is 147 g/mol. The Kier molecular flexibility index (Phi) is 7.95. The van der Waals surface area contributed by atoms with Crippen molar-refractivity contribution in [2.45, 2.75) is 33.7 Å². The molecule has 0 spiro atoms. The summed E-state index contributed by atoms with van der Waals surface area (Å²) in [6.07, 6.45) is 0. The average Bonchev–Trinajstić information content (AvgIpc) is 1.63. The highest BCUT2D eigenvalue weighted by atomic mass is 16.4. The molecule has 0 aromatic heterocycles. The minimum Gasteiger partial charge on any atom is -0.480 e. The highest BCUT2D eigenvalue weighted by Gasteiger charge is 1.99. The lowest BCUT2D eigenvalue weighted by atomic mass is 10.3. The number of hydrogen-bond donors (Lipinski definition) is 2. The van der Waals surface area contributed by atoms with Crippen LogP contribution in [-0.2, 0) is 4.79 Å². The van der Waals surface area contributed by atoms with E-state index in [1.165, 1.54) is 6.92 Å². The van der Waals surface area contributed by atoms with Crippen molar-refractivity contribution in [3.05, 3.63) is 0 Å². The first-order valence-electron chi connectivity index (χ1n) is 3.36. The summed E-state index contributed by atoms with van der Waals surface area (Å²) in [4.78, 5) is 9.57. The number of carboxylic acid groups (broad SMARTS) is 1. The second-order valence-corrected chi connectivity index (χ2v) is 2.86. The molecule has 0 heterocycles. The normalized spacial score (nSPS) is 11.8. The van der Waals surface area contributed by atoms with Gasteiger partial charge < -0.3 is 10.8 Å². The van der Waals surface area contributed by atoms with E-state index in [4.69, 9.17) is 10.8 Å². The molecule has 0 aliphatic rings. The zero-order valence-electron chi connectivity index (χ0n) is 7.09. The monoisotopic (exact) mass is 147 g/mol. The lowest BCUT2D eigenvalue weighted by Gasteiger charge is -1.90. The Hall–Kier alpha value is -0.570. The maximum atomic E-state index is 9.57. The molecule has 0 aromatic carbocycles. The molecule has 1 atom stereocenters. The topological polar surface area (TPSA) is 63.3 Å². The van der Waals surface area contributed by atoms with E-state index in [1.807, 2.05) is 0 Å². The maximum absolute atomic E-state index is 9.57. The first-order chi connectivity index (χ1) is 4.37. The number of hydrogen-bond acceptors (Lipinski definition) is 2. The maximum Gasteiger partial charge on any atom is 0.320 e. The van der Waals surface area contributed by atoms with Crippen LogP contribution in [-0.4, -0.2) is 17.1 Å². The molecule has 0 saturated carbocycles. The highest BCUT2D eigenvalue weighted by Crippen LogP contribution is 1.81. The van der Waals surface area contributed by atoms with Gasteiger partial charge in [0.05, 0.1) is 0 Å². The lowest BCUT2D eigenvalue weighted by Crippen LogP contribution is -2.25. The minimum atomic E-state index is -0.963. The lowest BCUT2D eigenvalue weighted by molar-refractivity contribution is -0.138. The number of nitrogens with two attached hydrogens (primary N) is 1. The molecule has 0 amide bonds. The molecular formula is C7H17NO2. The van der Waals surface area contributed by atoms with E-state index in [0.29, 0.717) is 0 Å². The molecule has 0 aromatic rings. The third-order valence-corrected chi connectivity index (χ3v) is 0.390. The van der Waals surface area contributed by atoms with Crippen LogP contribution < -0.4 is 5.73 Å². The molecule has 3 N–H and O–H groups in total. The number of carbonyl (C=O) groups is 1. The summed E-state index contributed by atoms with van der Waals surface area (Å²) in [5.74, 6) is -0.130. The molecule has 3 nitrogen and oxygen atoms in total. The van der Waals surface area contributed by atoms with E-state index in [0.717, 1.165) is 5.92 Å². The number of rotatable bonds is 1. The van der Waals surface area contributed by atoms with Crippen molar-refractivity contribution >= 4 is 5.97 Å². The van der Waals surface area contributed by atoms with E-state index < -0.39 is 12.0 Å². The van der Waals surface area contributed by atoms with Gasteiger partial charge in [0.25, 0.3) is 0 Å². The number of carboxylic acids is 1. The molecular weight excluding hydrogens is 130 g/mol. The standard InChI is InChI=1S/C4H10.C3H7NO2/c1-4(2)3;1-2(4)3(5)6/h4H,1-3H3;2H,4H2,1H3,(H,5,6). The van der Waals surface area contributed by atoms with Crippen LogP contribution >= 0.6 is 0 Å². The van der Waals surface area contributed by atoms with Crippen LogP contribution in [0, 0.1) is 5.92 Å². The van der Waals surface area contributed by atoms with Crippen molar-refractivity contribution in [2.75, 3.05) is 0 Å². The van der Waals surface area contributed by atoms with Gasteiger partial charge in [-0.1, -0.05) is 20.8 Å². The van der Waals surface area contributed by atoms with Crippen molar-refractivity contribution < 1.29 is 9.90 Å². The van der Waals surface area contributed by atoms with E-state index in [1.54, 1.807) is 0 Å². The van der Waals surface area contributed by atoms with Crippen LogP contribution in [0.1, 0.15) is 27.7 Å². The van der Waals surface area contributed by atoms with Crippen molar-refractivity contribution in [2.24, 2.45) is 11.7 Å². The summed E-state index contributed by atoms with van der Waals surface area (Å²) in [7, 11) is 0. The Morgan fingerprint density at radius 3 is 1.40 bits per heavy atom. The highest BCUT2D eigenvalue weighted by molar-refractivity contribution is 5.72. The van der Waals surface area contributed by atoms with Crippen molar-refractivity contribution in [1.82, 2.24) is 0 Å². The van der Waals surface area contributed by atoms with Gasteiger partial charge in [-0.2, -0.15) is 0 Å². The SMILES string of the molecule is CC(C)C.CC(N)C(=O)O. The Labute approximate surface area is 62.2 Å². The summed E-state index contributed by atoms with van der Waals surface area (Å²) < 4.78 is 0. The van der Waals surface area contributed by atoms with Crippen LogP contribution in [0.5, 0.6) is 0 Å². The molecule has 0 rings (SSSR count). The van der Waals surface area contributed by atoms with Crippen molar-refractivity contribution in [3.63, 3.8) is 0 Å². The zero-order valence-corrected chi connectivity index (χ0v) is 7.09. The third-order valence-electron chi connectivity index (χ3n) is 0.390. The van der Waals surface area contributed by atoms with Crippen LogP contribution in [0.4, 0.5) is 0 Å². The Morgan fingerprint density at radius 2 is 1.40 bits per heavy atom. The van der Waals surface area contributed by atoms with Crippen molar-refractivity contribution in [3.8, 4) is 0 Å². The molecule has 62 valence electrons. The predicted octanol–water partition coefficient (Wildman–Crippen LogP) is 1.08. The summed E-state index contributed by atoms with van der Waals surface area (Å²) in [5.41, 5.74) is 4.84. The van der Waals surface area contributed by atoms with Gasteiger partial charge in [0.15, 0.2) is 0 Å². The van der Waals surface area contributed by atoms with Gasteiger partial charge in [0.1, 0.15) is 6.04 Å². The summed E-state index contributed by atoms with van der Waals surface area (Å²) in [5, 5.41) is 7.87. The van der Waals surface area contributed by atoms with Gasteiger partial charge in [-0.15, -0.1) is 0 Å². The third kappa shape index (κ3) is 26.1. The quantitative estimate of drug-likeness (QED) is 0.583. The Morgan fingerprint density at radius 1 is 1.30 bits per heavy atom. The Balaban J connectivity index is 0.